The van der Waals surface area contributed by atoms with E-state index < -0.39 is 12.1 Å². The van der Waals surface area contributed by atoms with Crippen LogP contribution in [0.15, 0.2) is 0 Å². The Labute approximate surface area is 54.5 Å². The molecule has 0 aliphatic carbocycles. The molecule has 56 valence electrons. The number of nitrogens with two attached hydrogens (primary N) is 2. The third kappa shape index (κ3) is 3.42. The highest BCUT2D eigenvalue weighted by Gasteiger charge is 2.10. The van der Waals surface area contributed by atoms with Crippen molar-refractivity contribution in [2.45, 2.75) is 18.6 Å². The van der Waals surface area contributed by atoms with Gasteiger partial charge in [0.05, 0.1) is 6.10 Å². The minimum atomic E-state index is -0.667. The van der Waals surface area contributed by atoms with E-state index >= 15 is 0 Å². The highest BCUT2D eigenvalue weighted by Crippen LogP contribution is 1.92. The molecule has 0 saturated heterocycles. The lowest BCUT2D eigenvalue weighted by Gasteiger charge is -2.14. The average molecular weight is 134 g/mol. The summed E-state index contributed by atoms with van der Waals surface area (Å²) in [6, 6.07) is -0.405. The minimum absolute atomic E-state index is 0.0468. The van der Waals surface area contributed by atoms with Crippen molar-refractivity contribution in [1.82, 2.24) is 0 Å². The molecule has 4 nitrogen and oxygen atoms in total. The number of hydrogen-bond donors (Lipinski definition) is 4. The maximum atomic E-state index is 8.95. The summed E-state index contributed by atoms with van der Waals surface area (Å²) in [6.07, 6.45) is -0.363. The molecule has 0 rings (SSSR count). The summed E-state index contributed by atoms with van der Waals surface area (Å²) in [4.78, 5) is 0. The van der Waals surface area contributed by atoms with Crippen LogP contribution in [0.1, 0.15) is 6.42 Å². The third-order valence-corrected chi connectivity index (χ3v) is 1.19. The highest BCUT2D eigenvalue weighted by atomic mass is 16.3. The van der Waals surface area contributed by atoms with Crippen molar-refractivity contribution in [3.8, 4) is 0 Å². The smallest absolute Gasteiger partial charge is 0.0725 e. The second-order valence-electron chi connectivity index (χ2n) is 1.98. The predicted molar refractivity (Wildman–Crippen MR) is 34.7 cm³/mol. The monoisotopic (exact) mass is 134 g/mol. The zero-order valence-corrected chi connectivity index (χ0v) is 5.33. The minimum Gasteiger partial charge on any atom is -0.396 e. The van der Waals surface area contributed by atoms with Gasteiger partial charge in [0.1, 0.15) is 0 Å². The van der Waals surface area contributed by atoms with Crippen molar-refractivity contribution in [3.63, 3.8) is 0 Å². The number of aliphatic hydroxyl groups is 2. The highest BCUT2D eigenvalue weighted by molar-refractivity contribution is 4.71. The molecule has 0 aromatic heterocycles. The van der Waals surface area contributed by atoms with Crippen molar-refractivity contribution < 1.29 is 10.2 Å². The van der Waals surface area contributed by atoms with Crippen LogP contribution >= 0.6 is 0 Å². The van der Waals surface area contributed by atoms with E-state index in [0.717, 1.165) is 0 Å². The first-order chi connectivity index (χ1) is 4.22. The molecular formula is C5H14N2O2. The van der Waals surface area contributed by atoms with E-state index in [1.165, 1.54) is 0 Å². The lowest BCUT2D eigenvalue weighted by Crippen LogP contribution is -2.41. The van der Waals surface area contributed by atoms with Crippen LogP contribution in [0.3, 0.4) is 0 Å². The van der Waals surface area contributed by atoms with Crippen LogP contribution in [-0.4, -0.2) is 35.5 Å². The van der Waals surface area contributed by atoms with E-state index in [9.17, 15) is 0 Å². The largest absolute Gasteiger partial charge is 0.396 e. The van der Waals surface area contributed by atoms with Crippen molar-refractivity contribution in [3.05, 3.63) is 0 Å². The van der Waals surface area contributed by atoms with Gasteiger partial charge in [0.25, 0.3) is 0 Å². The molecule has 0 spiro atoms. The van der Waals surface area contributed by atoms with E-state index in [1.54, 1.807) is 0 Å². The van der Waals surface area contributed by atoms with Crippen LogP contribution in [0.25, 0.3) is 0 Å². The Morgan fingerprint density at radius 3 is 2.33 bits per heavy atom. The Hall–Kier alpha value is -0.160. The van der Waals surface area contributed by atoms with Gasteiger partial charge in [-0.15, -0.1) is 0 Å². The van der Waals surface area contributed by atoms with Crippen molar-refractivity contribution in [2.75, 3.05) is 13.2 Å². The molecule has 6 N–H and O–H groups in total. The fraction of sp³-hybridized carbons (Fsp3) is 1.00. The second kappa shape index (κ2) is 4.69. The zero-order valence-electron chi connectivity index (χ0n) is 5.33. The molecule has 4 heteroatoms. The molecule has 0 fully saturated rings. The SMILES string of the molecule is NCC(N)C(O)CCO. The van der Waals surface area contributed by atoms with Crippen molar-refractivity contribution >= 4 is 0 Å². The van der Waals surface area contributed by atoms with Gasteiger partial charge < -0.3 is 21.7 Å². The predicted octanol–water partition coefficient (Wildman–Crippen LogP) is -1.98. The number of aliphatic hydroxyl groups excluding tert-OH is 2. The Morgan fingerprint density at radius 1 is 1.44 bits per heavy atom. The van der Waals surface area contributed by atoms with Crippen molar-refractivity contribution in [2.24, 2.45) is 11.5 Å². The summed E-state index contributed by atoms with van der Waals surface area (Å²) in [5.74, 6) is 0. The van der Waals surface area contributed by atoms with Gasteiger partial charge in [-0.05, 0) is 6.42 Å². The summed E-state index contributed by atoms with van der Waals surface area (Å²) in [5, 5.41) is 17.3. The normalized spacial score (nSPS) is 17.3. The number of hydrogen-bond acceptors (Lipinski definition) is 4. The Balaban J connectivity index is 3.32. The molecule has 9 heavy (non-hydrogen) atoms. The van der Waals surface area contributed by atoms with Crippen LogP contribution in [0.4, 0.5) is 0 Å². The van der Waals surface area contributed by atoms with Crippen LogP contribution < -0.4 is 11.5 Å². The molecule has 0 bridgehead atoms. The lowest BCUT2D eigenvalue weighted by atomic mass is 10.1. The summed E-state index contributed by atoms with van der Waals surface area (Å²) in [7, 11) is 0. The van der Waals surface area contributed by atoms with Gasteiger partial charge in [0, 0.05) is 19.2 Å². The summed E-state index contributed by atoms with van der Waals surface area (Å²) < 4.78 is 0. The number of rotatable bonds is 4. The molecule has 2 atom stereocenters. The molecule has 0 amide bonds. The molecule has 0 radical (unpaired) electrons. The Bertz CT molecular complexity index is 70.0. The lowest BCUT2D eigenvalue weighted by molar-refractivity contribution is 0.111. The first kappa shape index (κ1) is 8.84. The summed E-state index contributed by atoms with van der Waals surface area (Å²) in [6.45, 7) is 0.204. The Kier molecular flexibility index (Phi) is 4.61. The van der Waals surface area contributed by atoms with E-state index in [4.69, 9.17) is 21.7 Å². The average Bonchev–Trinajstić information content (AvgIpc) is 1.87. The van der Waals surface area contributed by atoms with Crippen LogP contribution in [0, 0.1) is 0 Å². The van der Waals surface area contributed by atoms with Crippen LogP contribution in [-0.2, 0) is 0 Å². The van der Waals surface area contributed by atoms with Gasteiger partial charge in [0.15, 0.2) is 0 Å². The second-order valence-corrected chi connectivity index (χ2v) is 1.98. The molecule has 0 aromatic rings. The van der Waals surface area contributed by atoms with Gasteiger partial charge in [-0.2, -0.15) is 0 Å². The molecular weight excluding hydrogens is 120 g/mol. The van der Waals surface area contributed by atoms with E-state index in [2.05, 4.69) is 0 Å². The van der Waals surface area contributed by atoms with E-state index in [0.29, 0.717) is 6.42 Å². The van der Waals surface area contributed by atoms with Crippen LogP contribution in [0.5, 0.6) is 0 Å². The molecule has 0 aliphatic heterocycles. The zero-order chi connectivity index (χ0) is 7.28. The standard InChI is InChI=1S/C5H14N2O2/c6-3-4(7)5(9)1-2-8/h4-5,8-9H,1-3,6-7H2. The fourth-order valence-electron chi connectivity index (χ4n) is 0.503. The summed E-state index contributed by atoms with van der Waals surface area (Å²) in [5.41, 5.74) is 10.5. The molecule has 0 saturated carbocycles. The topological polar surface area (TPSA) is 92.5 Å². The maximum Gasteiger partial charge on any atom is 0.0725 e. The Morgan fingerprint density at radius 2 is 2.00 bits per heavy atom. The quantitative estimate of drug-likeness (QED) is 0.358. The van der Waals surface area contributed by atoms with E-state index in [1.807, 2.05) is 0 Å². The maximum absolute atomic E-state index is 8.95. The molecule has 0 aromatic carbocycles. The third-order valence-electron chi connectivity index (χ3n) is 1.19. The first-order valence-corrected chi connectivity index (χ1v) is 2.97. The van der Waals surface area contributed by atoms with E-state index in [-0.39, 0.29) is 13.2 Å². The first-order valence-electron chi connectivity index (χ1n) is 2.97. The molecule has 0 aliphatic rings. The molecule has 2 unspecified atom stereocenters. The van der Waals surface area contributed by atoms with Gasteiger partial charge in [-0.1, -0.05) is 0 Å². The van der Waals surface area contributed by atoms with Gasteiger partial charge in [0.2, 0.25) is 0 Å². The van der Waals surface area contributed by atoms with Gasteiger partial charge in [-0.3, -0.25) is 0 Å². The fourth-order valence-corrected chi connectivity index (χ4v) is 0.503. The van der Waals surface area contributed by atoms with Gasteiger partial charge >= 0.3 is 0 Å². The van der Waals surface area contributed by atoms with Gasteiger partial charge in [-0.25, -0.2) is 0 Å². The summed E-state index contributed by atoms with van der Waals surface area (Å²) >= 11 is 0. The van der Waals surface area contributed by atoms with Crippen LogP contribution in [0.2, 0.25) is 0 Å². The molecule has 0 heterocycles. The van der Waals surface area contributed by atoms with Crippen molar-refractivity contribution in [1.29, 1.82) is 0 Å².